The van der Waals surface area contributed by atoms with Gasteiger partial charge in [0.2, 0.25) is 0 Å². The van der Waals surface area contributed by atoms with Crippen molar-refractivity contribution in [3.63, 3.8) is 0 Å². The highest BCUT2D eigenvalue weighted by Gasteiger charge is 2.09. The first-order valence-corrected chi connectivity index (χ1v) is 5.04. The number of nitrogens with zero attached hydrogens (tertiary/aromatic N) is 1. The van der Waals surface area contributed by atoms with Crippen molar-refractivity contribution >= 4 is 17.6 Å². The molecule has 0 radical (unpaired) electrons. The molecule has 1 aromatic heterocycles. The van der Waals surface area contributed by atoms with Crippen LogP contribution in [0.3, 0.4) is 0 Å². The van der Waals surface area contributed by atoms with Crippen LogP contribution in [0.1, 0.15) is 16.1 Å². The van der Waals surface area contributed by atoms with E-state index in [0.29, 0.717) is 16.9 Å². The summed E-state index contributed by atoms with van der Waals surface area (Å²) in [4.78, 5) is 26.1. The third-order valence-corrected chi connectivity index (χ3v) is 2.06. The number of pyridine rings is 1. The van der Waals surface area contributed by atoms with Crippen molar-refractivity contribution in [1.29, 1.82) is 0 Å². The first-order valence-electron chi connectivity index (χ1n) is 5.04. The van der Waals surface area contributed by atoms with E-state index in [2.05, 4.69) is 15.6 Å². The minimum absolute atomic E-state index is 0.274. The van der Waals surface area contributed by atoms with E-state index >= 15 is 0 Å². The second kappa shape index (κ2) is 5.69. The van der Waals surface area contributed by atoms with Gasteiger partial charge >= 0.3 is 6.03 Å². The van der Waals surface area contributed by atoms with Gasteiger partial charge in [-0.1, -0.05) is 0 Å². The predicted molar refractivity (Wildman–Crippen MR) is 63.3 cm³/mol. The van der Waals surface area contributed by atoms with Crippen molar-refractivity contribution in [3.05, 3.63) is 23.5 Å². The summed E-state index contributed by atoms with van der Waals surface area (Å²) >= 11 is 0. The third-order valence-electron chi connectivity index (χ3n) is 2.06. The summed E-state index contributed by atoms with van der Waals surface area (Å²) in [5.41, 5.74) is 11.9. The number of anilines is 1. The molecule has 0 unspecified atom stereocenters. The van der Waals surface area contributed by atoms with Crippen LogP contribution >= 0.6 is 0 Å². The van der Waals surface area contributed by atoms with E-state index in [1.54, 1.807) is 13.0 Å². The molecule has 0 atom stereocenters. The summed E-state index contributed by atoms with van der Waals surface area (Å²) in [5, 5.41) is 4.98. The molecular weight excluding hydrogens is 222 g/mol. The lowest BCUT2D eigenvalue weighted by Crippen LogP contribution is -2.37. The van der Waals surface area contributed by atoms with Crippen molar-refractivity contribution in [3.8, 4) is 0 Å². The lowest BCUT2D eigenvalue weighted by molar-refractivity contribution is 0.0953. The lowest BCUT2D eigenvalue weighted by atomic mass is 10.2. The van der Waals surface area contributed by atoms with Gasteiger partial charge in [-0.05, 0) is 13.0 Å². The molecular formula is C10H15N5O2. The first-order chi connectivity index (χ1) is 8.00. The Morgan fingerprint density at radius 1 is 1.35 bits per heavy atom. The Balaban J connectivity index is 2.52. The monoisotopic (exact) mass is 237 g/mol. The topological polar surface area (TPSA) is 123 Å². The number of hydrogen-bond acceptors (Lipinski definition) is 4. The zero-order valence-electron chi connectivity index (χ0n) is 9.49. The van der Waals surface area contributed by atoms with E-state index < -0.39 is 6.03 Å². The van der Waals surface area contributed by atoms with E-state index in [1.807, 2.05) is 0 Å². The number of aryl methyl sites for hydroxylation is 1. The minimum atomic E-state index is -0.624. The number of rotatable bonds is 4. The van der Waals surface area contributed by atoms with Crippen LogP contribution in [0.2, 0.25) is 0 Å². The van der Waals surface area contributed by atoms with Gasteiger partial charge in [0.05, 0.1) is 23.1 Å². The second-order valence-corrected chi connectivity index (χ2v) is 3.45. The number of carbonyl (C=O) groups is 2. The smallest absolute Gasteiger partial charge is 0.312 e. The van der Waals surface area contributed by atoms with E-state index in [0.717, 1.165) is 0 Å². The summed E-state index contributed by atoms with van der Waals surface area (Å²) in [6, 6.07) is 0.931. The SMILES string of the molecule is Cc1ncc(N)cc1C(=O)NCCNC(N)=O. The van der Waals surface area contributed by atoms with Crippen LogP contribution in [0.5, 0.6) is 0 Å². The van der Waals surface area contributed by atoms with Crippen LogP contribution < -0.4 is 22.1 Å². The molecule has 6 N–H and O–H groups in total. The molecule has 3 amide bonds. The molecule has 0 aliphatic rings. The summed E-state index contributed by atoms with van der Waals surface area (Å²) in [7, 11) is 0. The maximum absolute atomic E-state index is 11.7. The fraction of sp³-hybridized carbons (Fsp3) is 0.300. The Morgan fingerprint density at radius 3 is 2.65 bits per heavy atom. The molecule has 0 spiro atoms. The average Bonchev–Trinajstić information content (AvgIpc) is 2.27. The highest BCUT2D eigenvalue weighted by molar-refractivity contribution is 5.95. The maximum atomic E-state index is 11.7. The largest absolute Gasteiger partial charge is 0.397 e. The van der Waals surface area contributed by atoms with Crippen LogP contribution in [0.15, 0.2) is 12.3 Å². The van der Waals surface area contributed by atoms with Gasteiger partial charge in [0.15, 0.2) is 0 Å². The van der Waals surface area contributed by atoms with Gasteiger partial charge in [-0.15, -0.1) is 0 Å². The number of aromatic nitrogens is 1. The van der Waals surface area contributed by atoms with Gasteiger partial charge in [0, 0.05) is 13.1 Å². The van der Waals surface area contributed by atoms with E-state index in [9.17, 15) is 9.59 Å². The van der Waals surface area contributed by atoms with Crippen LogP contribution in [-0.2, 0) is 0 Å². The molecule has 1 aromatic rings. The maximum Gasteiger partial charge on any atom is 0.312 e. The standard InChI is InChI=1S/C10H15N5O2/c1-6-8(4-7(11)5-15-6)9(16)13-2-3-14-10(12)17/h4-5H,2-3,11H2,1H3,(H,13,16)(H3,12,14,17). The molecule has 92 valence electrons. The molecule has 0 saturated heterocycles. The average molecular weight is 237 g/mol. The molecule has 0 bridgehead atoms. The van der Waals surface area contributed by atoms with Gasteiger partial charge in [0.25, 0.3) is 5.91 Å². The highest BCUT2D eigenvalue weighted by atomic mass is 16.2. The summed E-state index contributed by atoms with van der Waals surface area (Å²) in [5.74, 6) is -0.284. The zero-order chi connectivity index (χ0) is 12.8. The van der Waals surface area contributed by atoms with Crippen LogP contribution in [-0.4, -0.2) is 30.0 Å². The van der Waals surface area contributed by atoms with Gasteiger partial charge in [-0.2, -0.15) is 0 Å². The van der Waals surface area contributed by atoms with Crippen LogP contribution in [0.4, 0.5) is 10.5 Å². The number of hydrogen-bond donors (Lipinski definition) is 4. The Hall–Kier alpha value is -2.31. The number of nitrogens with one attached hydrogen (secondary N) is 2. The molecule has 0 saturated carbocycles. The molecule has 1 rings (SSSR count). The van der Waals surface area contributed by atoms with Gasteiger partial charge in [-0.25, -0.2) is 4.79 Å². The summed E-state index contributed by atoms with van der Waals surface area (Å²) in [6.45, 7) is 2.28. The molecule has 17 heavy (non-hydrogen) atoms. The van der Waals surface area contributed by atoms with Crippen molar-refractivity contribution in [2.45, 2.75) is 6.92 Å². The van der Waals surface area contributed by atoms with E-state index in [-0.39, 0.29) is 19.0 Å². The van der Waals surface area contributed by atoms with Gasteiger partial charge in [0.1, 0.15) is 0 Å². The number of urea groups is 1. The fourth-order valence-electron chi connectivity index (χ4n) is 1.24. The Morgan fingerprint density at radius 2 is 2.00 bits per heavy atom. The number of carbonyl (C=O) groups excluding carboxylic acids is 2. The van der Waals surface area contributed by atoms with Gasteiger partial charge in [-0.3, -0.25) is 9.78 Å². The number of amides is 3. The molecule has 0 fully saturated rings. The predicted octanol–water partition coefficient (Wildman–Crippen LogP) is -0.630. The van der Waals surface area contributed by atoms with Crippen molar-refractivity contribution < 1.29 is 9.59 Å². The molecule has 0 aliphatic carbocycles. The highest BCUT2D eigenvalue weighted by Crippen LogP contribution is 2.08. The fourth-order valence-corrected chi connectivity index (χ4v) is 1.24. The summed E-state index contributed by atoms with van der Waals surface area (Å²) in [6.07, 6.45) is 1.49. The first kappa shape index (κ1) is 12.8. The Kier molecular flexibility index (Phi) is 4.27. The van der Waals surface area contributed by atoms with Crippen LogP contribution in [0.25, 0.3) is 0 Å². The van der Waals surface area contributed by atoms with Crippen LogP contribution in [0, 0.1) is 6.92 Å². The normalized spacial score (nSPS) is 9.71. The van der Waals surface area contributed by atoms with Gasteiger partial charge < -0.3 is 22.1 Å². The number of primary amides is 1. The third kappa shape index (κ3) is 3.98. The zero-order valence-corrected chi connectivity index (χ0v) is 9.49. The summed E-state index contributed by atoms with van der Waals surface area (Å²) < 4.78 is 0. The molecule has 0 aliphatic heterocycles. The minimum Gasteiger partial charge on any atom is -0.397 e. The Bertz CT molecular complexity index is 433. The quantitative estimate of drug-likeness (QED) is 0.520. The van der Waals surface area contributed by atoms with Crippen molar-refractivity contribution in [1.82, 2.24) is 15.6 Å². The molecule has 7 heteroatoms. The second-order valence-electron chi connectivity index (χ2n) is 3.45. The molecule has 0 aromatic carbocycles. The Labute approximate surface area is 98.6 Å². The van der Waals surface area contributed by atoms with E-state index in [4.69, 9.17) is 11.5 Å². The number of nitrogen functional groups attached to an aromatic ring is 1. The van der Waals surface area contributed by atoms with E-state index in [1.165, 1.54) is 6.20 Å². The molecule has 1 heterocycles. The van der Waals surface area contributed by atoms with Crippen molar-refractivity contribution in [2.75, 3.05) is 18.8 Å². The lowest BCUT2D eigenvalue weighted by Gasteiger charge is -2.07. The van der Waals surface area contributed by atoms with Crippen molar-refractivity contribution in [2.24, 2.45) is 5.73 Å². The molecule has 7 nitrogen and oxygen atoms in total. The number of nitrogens with two attached hydrogens (primary N) is 2.